The highest BCUT2D eigenvalue weighted by molar-refractivity contribution is 5.50. The smallest absolute Gasteiger partial charge is 0.240 e. The van der Waals surface area contributed by atoms with Crippen LogP contribution in [0.5, 0.6) is 5.75 Å². The molecule has 0 N–H and O–H groups in total. The molecule has 0 aliphatic heterocycles. The summed E-state index contributed by atoms with van der Waals surface area (Å²) in [5.74, 6) is 0.746. The van der Waals surface area contributed by atoms with Crippen LogP contribution >= 0.6 is 0 Å². The van der Waals surface area contributed by atoms with E-state index in [9.17, 15) is 4.79 Å². The molecule has 0 heterocycles. The van der Waals surface area contributed by atoms with Crippen molar-refractivity contribution in [3.05, 3.63) is 60.2 Å². The molecule has 0 aliphatic carbocycles. The lowest BCUT2D eigenvalue weighted by atomic mass is 10.1. The first-order valence-corrected chi connectivity index (χ1v) is 5.69. The third-order valence-corrected chi connectivity index (χ3v) is 2.59. The zero-order chi connectivity index (χ0) is 12.8. The normalized spacial score (nSPS) is 11.4. The van der Waals surface area contributed by atoms with Crippen molar-refractivity contribution in [2.75, 3.05) is 0 Å². The standard InChI is InChI=1S/C15H13NO2/c1-12(13-5-3-2-4-6-13)18-15-9-7-14(8-10-15)16-11-17/h2-10,12H,1H3. The first kappa shape index (κ1) is 12.1. The van der Waals surface area contributed by atoms with Gasteiger partial charge in [-0.15, -0.1) is 0 Å². The highest BCUT2D eigenvalue weighted by atomic mass is 16.5. The predicted molar refractivity (Wildman–Crippen MR) is 69.7 cm³/mol. The van der Waals surface area contributed by atoms with Gasteiger partial charge in [-0.3, -0.25) is 0 Å². The summed E-state index contributed by atoms with van der Waals surface area (Å²) in [6.45, 7) is 1.99. The van der Waals surface area contributed by atoms with Crippen molar-refractivity contribution in [2.45, 2.75) is 13.0 Å². The molecule has 0 saturated carbocycles. The number of carbonyl (C=O) groups excluding carboxylic acids is 1. The summed E-state index contributed by atoms with van der Waals surface area (Å²) in [5, 5.41) is 0. The fourth-order valence-electron chi connectivity index (χ4n) is 1.65. The molecule has 18 heavy (non-hydrogen) atoms. The van der Waals surface area contributed by atoms with Gasteiger partial charge < -0.3 is 4.74 Å². The Morgan fingerprint density at radius 1 is 1.06 bits per heavy atom. The van der Waals surface area contributed by atoms with Crippen LogP contribution in [-0.4, -0.2) is 6.08 Å². The van der Waals surface area contributed by atoms with Crippen LogP contribution in [0.1, 0.15) is 18.6 Å². The SMILES string of the molecule is CC(Oc1ccc(N=C=O)cc1)c1ccccc1. The molecule has 0 saturated heterocycles. The van der Waals surface area contributed by atoms with Gasteiger partial charge in [-0.1, -0.05) is 30.3 Å². The Bertz CT molecular complexity index is 542. The molecule has 2 rings (SSSR count). The third-order valence-electron chi connectivity index (χ3n) is 2.59. The van der Waals surface area contributed by atoms with Crippen molar-refractivity contribution in [3.63, 3.8) is 0 Å². The lowest BCUT2D eigenvalue weighted by Gasteiger charge is -2.14. The largest absolute Gasteiger partial charge is 0.486 e. The summed E-state index contributed by atoms with van der Waals surface area (Å²) < 4.78 is 5.79. The predicted octanol–water partition coefficient (Wildman–Crippen LogP) is 3.79. The second-order valence-electron chi connectivity index (χ2n) is 3.87. The zero-order valence-electron chi connectivity index (χ0n) is 10.0. The molecule has 0 fully saturated rings. The molecule has 0 aromatic heterocycles. The van der Waals surface area contributed by atoms with E-state index in [-0.39, 0.29) is 6.10 Å². The van der Waals surface area contributed by atoms with Crippen LogP contribution in [0.2, 0.25) is 0 Å². The molecule has 3 nitrogen and oxygen atoms in total. The first-order valence-electron chi connectivity index (χ1n) is 5.69. The lowest BCUT2D eigenvalue weighted by molar-refractivity contribution is 0.227. The molecule has 0 amide bonds. The maximum Gasteiger partial charge on any atom is 0.240 e. The van der Waals surface area contributed by atoms with Crippen molar-refractivity contribution in [1.82, 2.24) is 0 Å². The van der Waals surface area contributed by atoms with E-state index in [0.717, 1.165) is 11.3 Å². The van der Waals surface area contributed by atoms with Gasteiger partial charge in [-0.2, -0.15) is 4.99 Å². The topological polar surface area (TPSA) is 38.7 Å². The van der Waals surface area contributed by atoms with Gasteiger partial charge in [0.1, 0.15) is 11.9 Å². The van der Waals surface area contributed by atoms with Crippen molar-refractivity contribution < 1.29 is 9.53 Å². The summed E-state index contributed by atoms with van der Waals surface area (Å²) in [4.78, 5) is 13.6. The van der Waals surface area contributed by atoms with Crippen LogP contribution in [0.3, 0.4) is 0 Å². The van der Waals surface area contributed by atoms with Crippen LogP contribution in [-0.2, 0) is 4.79 Å². The van der Waals surface area contributed by atoms with Gasteiger partial charge in [0, 0.05) is 0 Å². The van der Waals surface area contributed by atoms with E-state index in [4.69, 9.17) is 4.74 Å². The average molecular weight is 239 g/mol. The minimum absolute atomic E-state index is 0.0216. The Balaban J connectivity index is 2.07. The van der Waals surface area contributed by atoms with Crippen molar-refractivity contribution in [1.29, 1.82) is 0 Å². The summed E-state index contributed by atoms with van der Waals surface area (Å²) in [5.41, 5.74) is 1.69. The second kappa shape index (κ2) is 5.80. The highest BCUT2D eigenvalue weighted by Gasteiger charge is 2.06. The molecule has 1 unspecified atom stereocenters. The molecule has 2 aromatic carbocycles. The van der Waals surface area contributed by atoms with Crippen LogP contribution in [0, 0.1) is 0 Å². The van der Waals surface area contributed by atoms with Crippen LogP contribution < -0.4 is 4.74 Å². The van der Waals surface area contributed by atoms with Crippen LogP contribution in [0.25, 0.3) is 0 Å². The van der Waals surface area contributed by atoms with Crippen molar-refractivity contribution in [3.8, 4) is 5.75 Å². The second-order valence-corrected chi connectivity index (χ2v) is 3.87. The number of ether oxygens (including phenoxy) is 1. The number of hydrogen-bond acceptors (Lipinski definition) is 3. The van der Waals surface area contributed by atoms with Gasteiger partial charge in [0.15, 0.2) is 0 Å². The Morgan fingerprint density at radius 2 is 1.72 bits per heavy atom. The van der Waals surface area contributed by atoms with Gasteiger partial charge in [0.05, 0.1) is 5.69 Å². The Morgan fingerprint density at radius 3 is 2.33 bits per heavy atom. The molecule has 0 radical (unpaired) electrons. The Hall–Kier alpha value is -2.38. The lowest BCUT2D eigenvalue weighted by Crippen LogP contribution is -2.02. The molecule has 1 atom stereocenters. The fraction of sp³-hybridized carbons (Fsp3) is 0.133. The van der Waals surface area contributed by atoms with Crippen molar-refractivity contribution >= 4 is 11.8 Å². The number of hydrogen-bond donors (Lipinski definition) is 0. The quantitative estimate of drug-likeness (QED) is 0.601. The van der Waals surface area contributed by atoms with E-state index in [1.807, 2.05) is 37.3 Å². The van der Waals surface area contributed by atoms with Gasteiger partial charge in [-0.25, -0.2) is 4.79 Å². The summed E-state index contributed by atoms with van der Waals surface area (Å²) in [6, 6.07) is 17.0. The summed E-state index contributed by atoms with van der Waals surface area (Å²) in [7, 11) is 0. The fourth-order valence-corrected chi connectivity index (χ4v) is 1.65. The maximum atomic E-state index is 10.1. The maximum absolute atomic E-state index is 10.1. The first-order chi connectivity index (χ1) is 8.79. The molecule has 2 aromatic rings. The van der Waals surface area contributed by atoms with Gasteiger partial charge >= 0.3 is 0 Å². The summed E-state index contributed by atoms with van der Waals surface area (Å²) >= 11 is 0. The minimum Gasteiger partial charge on any atom is -0.486 e. The molecule has 0 aliphatic rings. The molecule has 90 valence electrons. The Labute approximate surface area is 106 Å². The van der Waals surface area contributed by atoms with E-state index in [1.54, 1.807) is 24.3 Å². The molecular formula is C15H13NO2. The number of benzene rings is 2. The minimum atomic E-state index is -0.0216. The molecular weight excluding hydrogens is 226 g/mol. The molecule has 0 spiro atoms. The van der Waals surface area contributed by atoms with E-state index < -0.39 is 0 Å². The molecule has 0 bridgehead atoms. The zero-order valence-corrected chi connectivity index (χ0v) is 10.0. The van der Waals surface area contributed by atoms with Crippen molar-refractivity contribution in [2.24, 2.45) is 4.99 Å². The van der Waals surface area contributed by atoms with Crippen LogP contribution in [0.4, 0.5) is 5.69 Å². The van der Waals surface area contributed by atoms with Gasteiger partial charge in [-0.05, 0) is 36.8 Å². The average Bonchev–Trinajstić information content (AvgIpc) is 2.42. The number of nitrogens with zero attached hydrogens (tertiary/aromatic N) is 1. The molecule has 3 heteroatoms. The highest BCUT2D eigenvalue weighted by Crippen LogP contribution is 2.23. The van der Waals surface area contributed by atoms with E-state index in [0.29, 0.717) is 5.69 Å². The Kier molecular flexibility index (Phi) is 3.90. The monoisotopic (exact) mass is 239 g/mol. The van der Waals surface area contributed by atoms with E-state index in [2.05, 4.69) is 4.99 Å². The number of rotatable bonds is 4. The van der Waals surface area contributed by atoms with Gasteiger partial charge in [0.25, 0.3) is 0 Å². The number of isocyanates is 1. The third kappa shape index (κ3) is 3.06. The van der Waals surface area contributed by atoms with Crippen LogP contribution in [0.15, 0.2) is 59.6 Å². The van der Waals surface area contributed by atoms with E-state index >= 15 is 0 Å². The summed E-state index contributed by atoms with van der Waals surface area (Å²) in [6.07, 6.45) is 1.48. The van der Waals surface area contributed by atoms with Gasteiger partial charge in [0.2, 0.25) is 6.08 Å². The van der Waals surface area contributed by atoms with E-state index in [1.165, 1.54) is 6.08 Å². The number of aliphatic imine (C=N–C) groups is 1.